The van der Waals surface area contributed by atoms with E-state index in [1.54, 1.807) is 0 Å². The van der Waals surface area contributed by atoms with E-state index in [0.717, 1.165) is 51.4 Å². The topological polar surface area (TPSA) is 0 Å². The molecule has 0 fully saturated rings. The van der Waals surface area contributed by atoms with Crippen LogP contribution in [-0.4, -0.2) is 59.5 Å². The molecular weight excluding hydrogens is 735 g/mol. The van der Waals surface area contributed by atoms with Gasteiger partial charge in [0.15, 0.2) is 0 Å². The van der Waals surface area contributed by atoms with E-state index in [9.17, 15) is 92.2 Å². The van der Waals surface area contributed by atoms with E-state index in [2.05, 4.69) is 6.92 Å². The van der Waals surface area contributed by atoms with Crippen LogP contribution in [0.5, 0.6) is 0 Å². The Labute approximate surface area is 268 Å². The van der Waals surface area contributed by atoms with Crippen LogP contribution in [0.4, 0.5) is 92.2 Å². The largest absolute Gasteiger partial charge is 0.460 e. The molecule has 0 amide bonds. The van der Waals surface area contributed by atoms with Gasteiger partial charge in [-0.15, -0.1) is 0 Å². The van der Waals surface area contributed by atoms with Crippen molar-refractivity contribution >= 4 is 0 Å². The number of alkyl halides is 21. The highest BCUT2D eigenvalue weighted by Gasteiger charge is 2.97. The number of unbranched alkanes of at least 4 members (excludes halogenated alkanes) is 15. The molecule has 296 valence electrons. The van der Waals surface area contributed by atoms with Crippen molar-refractivity contribution in [1.82, 2.24) is 0 Å². The molecule has 0 radical (unpaired) electrons. The maximum absolute atomic E-state index is 14.0. The molecule has 0 N–H and O–H groups in total. The number of halogens is 21. The summed E-state index contributed by atoms with van der Waals surface area (Å²) in [5.74, 6) is -76.3. The molecule has 0 nitrogen and oxygen atoms in total. The van der Waals surface area contributed by atoms with Gasteiger partial charge in [-0.2, -0.15) is 92.2 Å². The van der Waals surface area contributed by atoms with Gasteiger partial charge in [0, 0.05) is 6.42 Å². The standard InChI is InChI=1S/C28H37F21/c1-2-3-4-5-6-7-8-9-10-11-12-13-14-15-16-17-18-19(29,30)20(31,32)21(33,34)22(35,36)23(37,38)24(39,40)25(41,42)26(43,44)27(45,46)28(47,48)49/h2-18H2,1H3. The lowest BCUT2D eigenvalue weighted by Crippen LogP contribution is -2.76. The highest BCUT2D eigenvalue weighted by Crippen LogP contribution is 2.66. The van der Waals surface area contributed by atoms with Gasteiger partial charge in [-0.1, -0.05) is 103 Å². The van der Waals surface area contributed by atoms with Gasteiger partial charge in [-0.3, -0.25) is 0 Å². The Morgan fingerprint density at radius 1 is 0.245 bits per heavy atom. The number of hydrogen-bond donors (Lipinski definition) is 0. The zero-order valence-electron chi connectivity index (χ0n) is 26.0. The third-order valence-corrected chi connectivity index (χ3v) is 7.92. The van der Waals surface area contributed by atoms with Gasteiger partial charge in [0.25, 0.3) is 0 Å². The summed E-state index contributed by atoms with van der Waals surface area (Å²) in [7, 11) is 0. The average molecular weight is 773 g/mol. The van der Waals surface area contributed by atoms with Crippen molar-refractivity contribution in [2.24, 2.45) is 0 Å². The van der Waals surface area contributed by atoms with Crippen molar-refractivity contribution in [3.8, 4) is 0 Å². The molecule has 0 atom stereocenters. The minimum atomic E-state index is -9.13. The highest BCUT2D eigenvalue weighted by atomic mass is 19.4. The van der Waals surface area contributed by atoms with Crippen molar-refractivity contribution in [1.29, 1.82) is 0 Å². The van der Waals surface area contributed by atoms with E-state index in [1.165, 1.54) is 12.8 Å². The molecule has 0 aliphatic rings. The minimum absolute atomic E-state index is 0.0118. The Kier molecular flexibility index (Phi) is 16.4. The lowest BCUT2D eigenvalue weighted by molar-refractivity contribution is -0.474. The van der Waals surface area contributed by atoms with Crippen molar-refractivity contribution in [2.45, 2.75) is 176 Å². The lowest BCUT2D eigenvalue weighted by Gasteiger charge is -2.44. The molecule has 0 aromatic rings. The van der Waals surface area contributed by atoms with Crippen molar-refractivity contribution < 1.29 is 92.2 Å². The predicted octanol–water partition coefficient (Wildman–Crippen LogP) is 13.9. The van der Waals surface area contributed by atoms with Gasteiger partial charge >= 0.3 is 59.5 Å². The van der Waals surface area contributed by atoms with E-state index in [4.69, 9.17) is 0 Å². The fourth-order valence-electron chi connectivity index (χ4n) is 4.64. The molecule has 21 heteroatoms. The first-order chi connectivity index (χ1) is 21.8. The van der Waals surface area contributed by atoms with Gasteiger partial charge in [0.05, 0.1) is 0 Å². The monoisotopic (exact) mass is 772 g/mol. The van der Waals surface area contributed by atoms with Crippen LogP contribution in [0.1, 0.15) is 116 Å². The Morgan fingerprint density at radius 3 is 0.694 bits per heavy atom. The van der Waals surface area contributed by atoms with Crippen LogP contribution in [0.25, 0.3) is 0 Å². The first-order valence-corrected chi connectivity index (χ1v) is 15.3. The van der Waals surface area contributed by atoms with E-state index >= 15 is 0 Å². The molecule has 0 aromatic heterocycles. The Bertz CT molecular complexity index is 968. The molecule has 0 spiro atoms. The molecule has 0 saturated heterocycles. The molecule has 0 heterocycles. The molecular formula is C28H37F21. The molecule has 0 rings (SSSR count). The van der Waals surface area contributed by atoms with Gasteiger partial charge in [0.1, 0.15) is 0 Å². The van der Waals surface area contributed by atoms with Crippen molar-refractivity contribution in [3.63, 3.8) is 0 Å². The van der Waals surface area contributed by atoms with Crippen LogP contribution in [0.15, 0.2) is 0 Å². The smallest absolute Gasteiger partial charge is 0.200 e. The van der Waals surface area contributed by atoms with Crippen LogP contribution in [0.3, 0.4) is 0 Å². The summed E-state index contributed by atoms with van der Waals surface area (Å²) in [6, 6.07) is 0. The summed E-state index contributed by atoms with van der Waals surface area (Å²) in [6.45, 7) is 2.09. The van der Waals surface area contributed by atoms with Gasteiger partial charge in [-0.05, 0) is 6.42 Å². The van der Waals surface area contributed by atoms with Crippen LogP contribution in [0.2, 0.25) is 0 Å². The van der Waals surface area contributed by atoms with Crippen LogP contribution >= 0.6 is 0 Å². The van der Waals surface area contributed by atoms with Crippen LogP contribution < -0.4 is 0 Å². The SMILES string of the molecule is CCCCCCCCCCCCCCCCCCC(F)(F)C(F)(F)C(F)(F)C(F)(F)C(F)(F)C(F)(F)C(F)(F)C(F)(F)C(F)(F)C(F)(F)F. The summed E-state index contributed by atoms with van der Waals surface area (Å²) < 4.78 is 282. The second-order valence-corrected chi connectivity index (χ2v) is 11.9. The van der Waals surface area contributed by atoms with E-state index in [-0.39, 0.29) is 6.42 Å². The molecule has 0 aliphatic carbocycles. The summed E-state index contributed by atoms with van der Waals surface area (Å²) in [6.07, 6.45) is -0.198. The van der Waals surface area contributed by atoms with Crippen molar-refractivity contribution in [3.05, 3.63) is 0 Å². The number of hydrogen-bond acceptors (Lipinski definition) is 0. The average Bonchev–Trinajstić information content (AvgIpc) is 2.95. The van der Waals surface area contributed by atoms with Gasteiger partial charge < -0.3 is 0 Å². The fraction of sp³-hybridized carbons (Fsp3) is 1.00. The first-order valence-electron chi connectivity index (χ1n) is 15.3. The Hall–Kier alpha value is -1.47. The zero-order chi connectivity index (χ0) is 39.0. The normalized spacial score (nSPS) is 15.3. The number of rotatable bonds is 25. The summed E-state index contributed by atoms with van der Waals surface area (Å²) in [5.41, 5.74) is 0. The van der Waals surface area contributed by atoms with E-state index < -0.39 is 78.7 Å². The molecule has 0 aliphatic heterocycles. The summed E-state index contributed by atoms with van der Waals surface area (Å²) in [5, 5.41) is 0. The maximum atomic E-state index is 14.0. The van der Waals surface area contributed by atoms with E-state index in [0.29, 0.717) is 19.3 Å². The Morgan fingerprint density at radius 2 is 0.449 bits per heavy atom. The lowest BCUT2D eigenvalue weighted by atomic mass is 9.85. The van der Waals surface area contributed by atoms with Crippen molar-refractivity contribution in [2.75, 3.05) is 0 Å². The molecule has 0 bridgehead atoms. The van der Waals surface area contributed by atoms with Crippen LogP contribution in [-0.2, 0) is 0 Å². The molecule has 0 unspecified atom stereocenters. The highest BCUT2D eigenvalue weighted by molar-refractivity contribution is 5.17. The second kappa shape index (κ2) is 16.9. The van der Waals surface area contributed by atoms with Gasteiger partial charge in [-0.25, -0.2) is 0 Å². The zero-order valence-corrected chi connectivity index (χ0v) is 26.0. The molecule has 0 saturated carbocycles. The third-order valence-electron chi connectivity index (χ3n) is 7.92. The van der Waals surface area contributed by atoms with Crippen LogP contribution in [0, 0.1) is 0 Å². The fourth-order valence-corrected chi connectivity index (χ4v) is 4.64. The van der Waals surface area contributed by atoms with E-state index in [1.807, 2.05) is 0 Å². The molecule has 0 aromatic carbocycles. The van der Waals surface area contributed by atoms with Gasteiger partial charge in [0.2, 0.25) is 0 Å². The third kappa shape index (κ3) is 9.50. The molecule has 49 heavy (non-hydrogen) atoms. The maximum Gasteiger partial charge on any atom is 0.460 e. The summed E-state index contributed by atoms with van der Waals surface area (Å²) >= 11 is 0. The predicted molar refractivity (Wildman–Crippen MR) is 135 cm³/mol. The second-order valence-electron chi connectivity index (χ2n) is 11.9. The minimum Gasteiger partial charge on any atom is -0.200 e. The Balaban J connectivity index is 5.41. The first kappa shape index (κ1) is 47.5. The quantitative estimate of drug-likeness (QED) is 0.0640. The summed E-state index contributed by atoms with van der Waals surface area (Å²) in [4.78, 5) is 0.